The van der Waals surface area contributed by atoms with Crippen molar-refractivity contribution in [2.24, 2.45) is 0 Å². The van der Waals surface area contributed by atoms with Crippen LogP contribution >= 0.6 is 11.3 Å². The van der Waals surface area contributed by atoms with E-state index in [1.54, 1.807) is 0 Å². The fraction of sp³-hybridized carbons (Fsp3) is 0.0164. The third kappa shape index (κ3) is 5.35. The third-order valence-corrected chi connectivity index (χ3v) is 14.7. The average molecular weight is 818 g/mol. The van der Waals surface area contributed by atoms with Crippen molar-refractivity contribution in [3.63, 3.8) is 0 Å². The molecule has 10 aromatic carbocycles. The quantitative estimate of drug-likeness (QED) is 0.162. The Morgan fingerprint density at radius 1 is 0.302 bits per heavy atom. The molecule has 0 atom stereocenters. The number of nitrogens with zero attached hydrogens (tertiary/aromatic N) is 1. The second kappa shape index (κ2) is 14.1. The van der Waals surface area contributed by atoms with E-state index in [-0.39, 0.29) is 0 Å². The van der Waals surface area contributed by atoms with Gasteiger partial charge in [-0.1, -0.05) is 194 Å². The Labute approximate surface area is 371 Å². The highest BCUT2D eigenvalue weighted by Gasteiger charge is 2.51. The summed E-state index contributed by atoms with van der Waals surface area (Å²) in [4.78, 5) is 2.49. The van der Waals surface area contributed by atoms with Gasteiger partial charge in [0.25, 0.3) is 0 Å². The molecule has 0 radical (unpaired) electrons. The van der Waals surface area contributed by atoms with Crippen LogP contribution in [-0.4, -0.2) is 0 Å². The standard InChI is InChI=1S/C61H39NS/c1-2-15-40(16-3-1)41-29-31-42(32-30-41)43-33-35-44(36-34-43)62(57-26-12-7-20-50(57)51-22-14-28-59-60(51)52-21-8-13-27-58(52)63-59)45-37-38-49-48-19-6-11-25-55(48)61(56(49)39-45)53-23-9-4-17-46(53)47-18-5-10-24-54(47)61/h1-39H. The number of hydrogen-bond acceptors (Lipinski definition) is 2. The van der Waals surface area contributed by atoms with Crippen molar-refractivity contribution in [2.75, 3.05) is 4.90 Å². The van der Waals surface area contributed by atoms with E-state index in [0.717, 1.165) is 17.1 Å². The summed E-state index contributed by atoms with van der Waals surface area (Å²) in [6.07, 6.45) is 0. The summed E-state index contributed by atoms with van der Waals surface area (Å²) < 4.78 is 2.61. The molecular formula is C61H39NS. The van der Waals surface area contributed by atoms with Crippen LogP contribution in [0.3, 0.4) is 0 Å². The molecule has 0 amide bonds. The second-order valence-corrected chi connectivity index (χ2v) is 17.8. The summed E-state index contributed by atoms with van der Waals surface area (Å²) in [5.74, 6) is 0. The molecule has 0 N–H and O–H groups in total. The lowest BCUT2D eigenvalue weighted by molar-refractivity contribution is 0.793. The molecule has 2 aliphatic rings. The molecule has 13 rings (SSSR count). The molecular weight excluding hydrogens is 779 g/mol. The Morgan fingerprint density at radius 2 is 0.762 bits per heavy atom. The monoisotopic (exact) mass is 817 g/mol. The van der Waals surface area contributed by atoms with Crippen LogP contribution in [0.4, 0.5) is 17.1 Å². The van der Waals surface area contributed by atoms with Crippen LogP contribution in [0.1, 0.15) is 22.3 Å². The van der Waals surface area contributed by atoms with E-state index < -0.39 is 5.41 Å². The SMILES string of the molecule is c1ccc(-c2ccc(-c3ccc(N(c4ccc5c(c4)C4(c6ccccc6-c6ccccc64)c4ccccc4-5)c4ccccc4-c4cccc5sc6ccccc6c45)cc3)cc2)cc1. The van der Waals surface area contributed by atoms with E-state index >= 15 is 0 Å². The van der Waals surface area contributed by atoms with Crippen molar-refractivity contribution in [3.8, 4) is 55.6 Å². The number of para-hydroxylation sites is 1. The minimum Gasteiger partial charge on any atom is -0.310 e. The maximum absolute atomic E-state index is 2.50. The number of anilines is 3. The number of thiophene rings is 1. The smallest absolute Gasteiger partial charge is 0.0726 e. The fourth-order valence-electron chi connectivity index (χ4n) is 10.8. The highest BCUT2D eigenvalue weighted by atomic mass is 32.1. The molecule has 0 unspecified atom stereocenters. The first-order valence-corrected chi connectivity index (χ1v) is 22.6. The zero-order chi connectivity index (χ0) is 41.5. The zero-order valence-electron chi connectivity index (χ0n) is 34.4. The average Bonchev–Trinajstić information content (AvgIpc) is 3.99. The first-order valence-electron chi connectivity index (χ1n) is 21.8. The molecule has 1 aromatic heterocycles. The highest BCUT2D eigenvalue weighted by Crippen LogP contribution is 2.63. The van der Waals surface area contributed by atoms with Gasteiger partial charge in [-0.15, -0.1) is 11.3 Å². The maximum atomic E-state index is 2.50. The molecule has 0 saturated heterocycles. The summed E-state index contributed by atoms with van der Waals surface area (Å²) in [5.41, 5.74) is 20.8. The van der Waals surface area contributed by atoms with E-state index in [1.807, 2.05) is 11.3 Å². The van der Waals surface area contributed by atoms with Gasteiger partial charge in [0.15, 0.2) is 0 Å². The minimum absolute atomic E-state index is 0.447. The van der Waals surface area contributed by atoms with Gasteiger partial charge in [0.05, 0.1) is 11.1 Å². The van der Waals surface area contributed by atoms with Gasteiger partial charge in [-0.05, 0) is 115 Å². The number of hydrogen-bond donors (Lipinski definition) is 0. The van der Waals surface area contributed by atoms with Crippen molar-refractivity contribution in [1.29, 1.82) is 0 Å². The first-order chi connectivity index (χ1) is 31.3. The molecule has 2 aliphatic carbocycles. The summed E-state index contributed by atoms with van der Waals surface area (Å²) in [6, 6.07) is 87.8. The minimum atomic E-state index is -0.447. The summed E-state index contributed by atoms with van der Waals surface area (Å²) in [5, 5.41) is 2.61. The lowest BCUT2D eigenvalue weighted by atomic mass is 9.70. The number of benzene rings is 10. The second-order valence-electron chi connectivity index (χ2n) is 16.7. The van der Waals surface area contributed by atoms with Gasteiger partial charge in [-0.3, -0.25) is 0 Å². The number of fused-ring (bicyclic) bond motifs is 13. The van der Waals surface area contributed by atoms with Crippen LogP contribution in [0.25, 0.3) is 75.8 Å². The Balaban J connectivity index is 1.03. The molecule has 0 saturated carbocycles. The van der Waals surface area contributed by atoms with Crippen molar-refractivity contribution < 1.29 is 0 Å². The highest BCUT2D eigenvalue weighted by molar-refractivity contribution is 7.25. The van der Waals surface area contributed by atoms with E-state index in [0.29, 0.717) is 0 Å². The lowest BCUT2D eigenvalue weighted by Gasteiger charge is -2.32. The van der Waals surface area contributed by atoms with Gasteiger partial charge < -0.3 is 4.90 Å². The van der Waals surface area contributed by atoms with E-state index in [9.17, 15) is 0 Å². The maximum Gasteiger partial charge on any atom is 0.0726 e. The van der Waals surface area contributed by atoms with Crippen LogP contribution in [0.5, 0.6) is 0 Å². The largest absolute Gasteiger partial charge is 0.310 e. The Morgan fingerprint density at radius 3 is 1.41 bits per heavy atom. The number of rotatable bonds is 6. The summed E-state index contributed by atoms with van der Waals surface area (Å²) in [7, 11) is 0. The molecule has 0 bridgehead atoms. The summed E-state index contributed by atoms with van der Waals surface area (Å²) >= 11 is 1.87. The Hall–Kier alpha value is -7.78. The van der Waals surface area contributed by atoms with Crippen LogP contribution < -0.4 is 4.90 Å². The van der Waals surface area contributed by atoms with E-state index in [4.69, 9.17) is 0 Å². The van der Waals surface area contributed by atoms with Crippen molar-refractivity contribution in [3.05, 3.63) is 259 Å². The normalized spacial score (nSPS) is 12.9. The molecule has 294 valence electrons. The fourth-order valence-corrected chi connectivity index (χ4v) is 12.0. The molecule has 11 aromatic rings. The third-order valence-electron chi connectivity index (χ3n) is 13.5. The van der Waals surface area contributed by atoms with Gasteiger partial charge in [-0.25, -0.2) is 0 Å². The Kier molecular flexibility index (Phi) is 8.06. The summed E-state index contributed by atoms with van der Waals surface area (Å²) in [6.45, 7) is 0. The topological polar surface area (TPSA) is 3.24 Å². The van der Waals surface area contributed by atoms with Crippen molar-refractivity contribution in [1.82, 2.24) is 0 Å². The molecule has 1 nitrogen and oxygen atoms in total. The predicted octanol–water partition coefficient (Wildman–Crippen LogP) is 16.9. The predicted molar refractivity (Wildman–Crippen MR) is 267 cm³/mol. The van der Waals surface area contributed by atoms with Crippen LogP contribution in [0.15, 0.2) is 237 Å². The van der Waals surface area contributed by atoms with Gasteiger partial charge in [0.2, 0.25) is 0 Å². The van der Waals surface area contributed by atoms with E-state index in [2.05, 4.69) is 241 Å². The molecule has 2 heteroatoms. The van der Waals surface area contributed by atoms with Crippen LogP contribution in [0.2, 0.25) is 0 Å². The van der Waals surface area contributed by atoms with Gasteiger partial charge in [0.1, 0.15) is 0 Å². The van der Waals surface area contributed by atoms with Crippen molar-refractivity contribution in [2.45, 2.75) is 5.41 Å². The van der Waals surface area contributed by atoms with Gasteiger partial charge in [-0.2, -0.15) is 0 Å². The molecule has 63 heavy (non-hydrogen) atoms. The van der Waals surface area contributed by atoms with Gasteiger partial charge in [0, 0.05) is 37.1 Å². The van der Waals surface area contributed by atoms with Crippen LogP contribution in [-0.2, 0) is 5.41 Å². The Bertz CT molecular complexity index is 3500. The molecule has 0 fully saturated rings. The molecule has 0 aliphatic heterocycles. The lowest BCUT2D eigenvalue weighted by Crippen LogP contribution is -2.26. The van der Waals surface area contributed by atoms with Crippen LogP contribution in [0, 0.1) is 0 Å². The zero-order valence-corrected chi connectivity index (χ0v) is 35.2. The van der Waals surface area contributed by atoms with Gasteiger partial charge >= 0.3 is 0 Å². The molecule has 1 heterocycles. The molecule has 1 spiro atoms. The first kappa shape index (κ1) is 35.9. The van der Waals surface area contributed by atoms with E-state index in [1.165, 1.54) is 98.1 Å². The van der Waals surface area contributed by atoms with Crippen molar-refractivity contribution >= 4 is 48.6 Å².